The van der Waals surface area contributed by atoms with Gasteiger partial charge in [0.05, 0.1) is 13.7 Å². The van der Waals surface area contributed by atoms with Gasteiger partial charge in [0.25, 0.3) is 0 Å². The number of halogens is 1. The Balaban J connectivity index is 1.82. The number of carbonyl (C=O) groups excluding carboxylic acids is 1. The first kappa shape index (κ1) is 15.4. The molecule has 1 N–H and O–H groups in total. The average molecular weight is 317 g/mol. The molecule has 2 aromatic rings. The smallest absolute Gasteiger partial charge is 0.356 e. The predicted molar refractivity (Wildman–Crippen MR) is 80.5 cm³/mol. The Morgan fingerprint density at radius 1 is 1.35 bits per heavy atom. The van der Waals surface area contributed by atoms with Crippen molar-refractivity contribution < 1.29 is 19.0 Å². The third-order valence-electron chi connectivity index (χ3n) is 4.00. The third-order valence-corrected chi connectivity index (χ3v) is 4.00. The van der Waals surface area contributed by atoms with Gasteiger partial charge in [-0.15, -0.1) is 0 Å². The fraction of sp³-hybridized carbons (Fsp3) is 0.312. The van der Waals surface area contributed by atoms with Crippen LogP contribution in [-0.4, -0.2) is 41.2 Å². The van der Waals surface area contributed by atoms with Crippen LogP contribution in [0.1, 0.15) is 22.5 Å². The van der Waals surface area contributed by atoms with E-state index in [1.54, 1.807) is 12.1 Å². The quantitative estimate of drug-likeness (QED) is 0.865. The highest BCUT2D eigenvalue weighted by atomic mass is 19.1. The number of hydrogen-bond donors (Lipinski definition) is 1. The van der Waals surface area contributed by atoms with Crippen molar-refractivity contribution in [2.24, 2.45) is 0 Å². The number of methoxy groups -OCH3 is 1. The zero-order valence-corrected chi connectivity index (χ0v) is 12.6. The summed E-state index contributed by atoms with van der Waals surface area (Å²) in [7, 11) is 1.28. The predicted octanol–water partition coefficient (Wildman–Crippen LogP) is 1.50. The molecule has 3 rings (SSSR count). The molecule has 1 aromatic carbocycles. The Morgan fingerprint density at radius 3 is 2.78 bits per heavy atom. The second kappa shape index (κ2) is 5.92. The van der Waals surface area contributed by atoms with Crippen LogP contribution in [-0.2, 0) is 10.3 Å². The highest BCUT2D eigenvalue weighted by Crippen LogP contribution is 2.34. The number of β-amino-alcohol motifs (C(OH)–C–C–N with tert-alkyl or cyclic N) is 1. The Hall–Kier alpha value is -2.54. The number of esters is 1. The summed E-state index contributed by atoms with van der Waals surface area (Å²) in [6.45, 7) is 0.863. The molecule has 120 valence electrons. The van der Waals surface area contributed by atoms with E-state index in [-0.39, 0.29) is 11.5 Å². The summed E-state index contributed by atoms with van der Waals surface area (Å²) in [6.07, 6.45) is 1.77. The SMILES string of the molecule is COC(=O)c1cc(N2CC[C@@](O)(c3ccc(F)cc3)C2)ncn1. The van der Waals surface area contributed by atoms with Crippen LogP contribution in [0.25, 0.3) is 0 Å². The molecule has 6 nitrogen and oxygen atoms in total. The molecule has 0 bridgehead atoms. The van der Waals surface area contributed by atoms with Crippen molar-refractivity contribution in [3.63, 3.8) is 0 Å². The Labute approximate surface area is 132 Å². The van der Waals surface area contributed by atoms with Crippen LogP contribution in [0.2, 0.25) is 0 Å². The Bertz CT molecular complexity index is 723. The van der Waals surface area contributed by atoms with Gasteiger partial charge in [-0.3, -0.25) is 0 Å². The number of ether oxygens (including phenoxy) is 1. The van der Waals surface area contributed by atoms with Crippen molar-refractivity contribution in [3.05, 3.63) is 53.7 Å². The molecular weight excluding hydrogens is 301 g/mol. The van der Waals surface area contributed by atoms with Crippen LogP contribution in [0.5, 0.6) is 0 Å². The monoisotopic (exact) mass is 317 g/mol. The second-order valence-corrected chi connectivity index (χ2v) is 5.46. The lowest BCUT2D eigenvalue weighted by molar-refractivity contribution is 0.0593. The normalized spacial score (nSPS) is 20.6. The van der Waals surface area contributed by atoms with Crippen molar-refractivity contribution in [3.8, 4) is 0 Å². The lowest BCUT2D eigenvalue weighted by atomic mass is 9.93. The van der Waals surface area contributed by atoms with E-state index in [0.717, 1.165) is 0 Å². The molecule has 7 heteroatoms. The molecule has 0 unspecified atom stereocenters. The lowest BCUT2D eigenvalue weighted by Gasteiger charge is -2.24. The van der Waals surface area contributed by atoms with E-state index >= 15 is 0 Å². The number of aromatic nitrogens is 2. The first-order chi connectivity index (χ1) is 11.0. The summed E-state index contributed by atoms with van der Waals surface area (Å²) in [5.41, 5.74) is -0.261. The van der Waals surface area contributed by atoms with Crippen LogP contribution in [0.4, 0.5) is 10.2 Å². The molecule has 1 saturated heterocycles. The third kappa shape index (κ3) is 3.00. The average Bonchev–Trinajstić information content (AvgIpc) is 2.98. The van der Waals surface area contributed by atoms with Gasteiger partial charge in [-0.25, -0.2) is 19.2 Å². The summed E-state index contributed by atoms with van der Waals surface area (Å²) in [6, 6.07) is 7.35. The van der Waals surface area contributed by atoms with E-state index in [9.17, 15) is 14.3 Å². The largest absolute Gasteiger partial charge is 0.464 e. The van der Waals surface area contributed by atoms with Gasteiger partial charge in [-0.2, -0.15) is 0 Å². The van der Waals surface area contributed by atoms with Gasteiger partial charge in [0.1, 0.15) is 23.6 Å². The summed E-state index contributed by atoms with van der Waals surface area (Å²) in [5, 5.41) is 10.8. The van der Waals surface area contributed by atoms with Gasteiger partial charge >= 0.3 is 5.97 Å². The van der Waals surface area contributed by atoms with Crippen molar-refractivity contribution in [1.82, 2.24) is 9.97 Å². The van der Waals surface area contributed by atoms with Crippen molar-refractivity contribution in [2.45, 2.75) is 12.0 Å². The van der Waals surface area contributed by atoms with E-state index in [1.807, 2.05) is 4.90 Å². The van der Waals surface area contributed by atoms with Crippen molar-refractivity contribution in [2.75, 3.05) is 25.1 Å². The molecule has 2 heterocycles. The minimum absolute atomic E-state index is 0.162. The van der Waals surface area contributed by atoms with Crippen LogP contribution in [0, 0.1) is 5.82 Å². The highest BCUT2D eigenvalue weighted by molar-refractivity contribution is 5.87. The van der Waals surface area contributed by atoms with Gasteiger partial charge in [-0.05, 0) is 24.1 Å². The van der Waals surface area contributed by atoms with Crippen LogP contribution >= 0.6 is 0 Å². The first-order valence-electron chi connectivity index (χ1n) is 7.15. The maximum Gasteiger partial charge on any atom is 0.356 e. The number of benzene rings is 1. The number of rotatable bonds is 3. The maximum absolute atomic E-state index is 13.0. The molecule has 1 aromatic heterocycles. The molecule has 1 fully saturated rings. The second-order valence-electron chi connectivity index (χ2n) is 5.46. The van der Waals surface area contributed by atoms with Gasteiger partial charge in [-0.1, -0.05) is 12.1 Å². The zero-order valence-electron chi connectivity index (χ0n) is 12.6. The minimum Gasteiger partial charge on any atom is -0.464 e. The fourth-order valence-corrected chi connectivity index (χ4v) is 2.72. The molecule has 0 radical (unpaired) electrons. The van der Waals surface area contributed by atoms with E-state index < -0.39 is 11.6 Å². The molecule has 0 aliphatic carbocycles. The van der Waals surface area contributed by atoms with Crippen molar-refractivity contribution in [1.29, 1.82) is 0 Å². The van der Waals surface area contributed by atoms with E-state index in [2.05, 4.69) is 14.7 Å². The van der Waals surface area contributed by atoms with E-state index in [0.29, 0.717) is 30.9 Å². The van der Waals surface area contributed by atoms with Crippen LogP contribution < -0.4 is 4.90 Å². The minimum atomic E-state index is -1.08. The first-order valence-corrected chi connectivity index (χ1v) is 7.15. The van der Waals surface area contributed by atoms with Crippen LogP contribution in [0.3, 0.4) is 0 Å². The van der Waals surface area contributed by atoms with Gasteiger partial charge in [0.2, 0.25) is 0 Å². The summed E-state index contributed by atoms with van der Waals surface area (Å²) in [5.74, 6) is -0.342. The Kier molecular flexibility index (Phi) is 3.96. The Morgan fingerprint density at radius 2 is 2.09 bits per heavy atom. The zero-order chi connectivity index (χ0) is 16.4. The number of anilines is 1. The fourth-order valence-electron chi connectivity index (χ4n) is 2.72. The number of nitrogens with zero attached hydrogens (tertiary/aromatic N) is 3. The van der Waals surface area contributed by atoms with E-state index in [1.165, 1.54) is 31.6 Å². The standard InChI is InChI=1S/C16H16FN3O3/c1-23-15(21)13-8-14(19-10-18-13)20-7-6-16(22,9-20)11-2-4-12(17)5-3-11/h2-5,8,10,22H,6-7,9H2,1H3/t16-/m0/s1. The van der Waals surface area contributed by atoms with Gasteiger partial charge in [0.15, 0.2) is 5.69 Å². The van der Waals surface area contributed by atoms with Crippen molar-refractivity contribution >= 4 is 11.8 Å². The molecule has 1 aliphatic heterocycles. The lowest BCUT2D eigenvalue weighted by Crippen LogP contribution is -2.31. The molecule has 1 atom stereocenters. The summed E-state index contributed by atoms with van der Waals surface area (Å²) in [4.78, 5) is 21.4. The maximum atomic E-state index is 13.0. The molecular formula is C16H16FN3O3. The number of hydrogen-bond acceptors (Lipinski definition) is 6. The van der Waals surface area contributed by atoms with Gasteiger partial charge < -0.3 is 14.7 Å². The summed E-state index contributed by atoms with van der Waals surface area (Å²) < 4.78 is 17.7. The highest BCUT2D eigenvalue weighted by Gasteiger charge is 2.38. The molecule has 0 spiro atoms. The molecule has 1 aliphatic rings. The molecule has 0 saturated carbocycles. The van der Waals surface area contributed by atoms with Gasteiger partial charge in [0, 0.05) is 12.6 Å². The topological polar surface area (TPSA) is 75.5 Å². The molecule has 0 amide bonds. The molecule has 23 heavy (non-hydrogen) atoms. The number of aliphatic hydroxyl groups is 1. The summed E-state index contributed by atoms with van der Waals surface area (Å²) >= 11 is 0. The van der Waals surface area contributed by atoms with Crippen LogP contribution in [0.15, 0.2) is 36.7 Å². The van der Waals surface area contributed by atoms with E-state index in [4.69, 9.17) is 0 Å². The number of carbonyl (C=O) groups is 1.